The van der Waals surface area contributed by atoms with Crippen LogP contribution in [0.3, 0.4) is 0 Å². The summed E-state index contributed by atoms with van der Waals surface area (Å²) in [7, 11) is 1.50. The van der Waals surface area contributed by atoms with E-state index in [1.807, 2.05) is 0 Å². The summed E-state index contributed by atoms with van der Waals surface area (Å²) in [6.07, 6.45) is 3.55. The van der Waals surface area contributed by atoms with Crippen LogP contribution in [0, 0.1) is 11.7 Å². The molecule has 3 aromatic rings. The lowest BCUT2D eigenvalue weighted by atomic mass is 9.98. The number of fused-ring (bicyclic) bond motifs is 1. The summed E-state index contributed by atoms with van der Waals surface area (Å²) in [5.41, 5.74) is 0.897. The first-order valence-electron chi connectivity index (χ1n) is 8.56. The van der Waals surface area contributed by atoms with Gasteiger partial charge in [0.05, 0.1) is 12.7 Å². The molecule has 3 heterocycles. The van der Waals surface area contributed by atoms with E-state index in [0.717, 1.165) is 31.7 Å². The average Bonchev–Trinajstić information content (AvgIpc) is 3.09. The summed E-state index contributed by atoms with van der Waals surface area (Å²) in [6.45, 7) is 3.94. The van der Waals surface area contributed by atoms with E-state index in [1.54, 1.807) is 16.6 Å². The fourth-order valence-electron chi connectivity index (χ4n) is 3.37. The van der Waals surface area contributed by atoms with E-state index in [2.05, 4.69) is 26.9 Å². The number of benzene rings is 1. The predicted molar refractivity (Wildman–Crippen MR) is 98.3 cm³/mol. The summed E-state index contributed by atoms with van der Waals surface area (Å²) in [6, 6.07) is 4.72. The Balaban J connectivity index is 1.93. The Labute approximate surface area is 155 Å². The van der Waals surface area contributed by atoms with Crippen molar-refractivity contribution in [3.05, 3.63) is 35.5 Å². The Bertz CT molecular complexity index is 952. The highest BCUT2D eigenvalue weighted by atomic mass is 35.5. The Hall–Kier alpha value is -2.41. The molecule has 0 bridgehead atoms. The second-order valence-electron chi connectivity index (χ2n) is 6.59. The maximum absolute atomic E-state index is 14.8. The number of ether oxygens (including phenoxy) is 1. The van der Waals surface area contributed by atoms with Crippen molar-refractivity contribution < 1.29 is 9.13 Å². The molecule has 1 aliphatic heterocycles. The number of hydrogen-bond acceptors (Lipinski definition) is 5. The van der Waals surface area contributed by atoms with Gasteiger partial charge in [-0.2, -0.15) is 19.6 Å². The summed E-state index contributed by atoms with van der Waals surface area (Å²) < 4.78 is 21.6. The molecule has 0 radical (unpaired) electrons. The SMILES string of the molecule is COc1ccc(-c2c(Cl)nc3ncnn3c2N2CCC(C)CC2)c(F)c1. The molecule has 4 rings (SSSR count). The van der Waals surface area contributed by atoms with Crippen molar-refractivity contribution in [2.45, 2.75) is 19.8 Å². The zero-order valence-corrected chi connectivity index (χ0v) is 15.4. The topological polar surface area (TPSA) is 55.6 Å². The first-order valence-corrected chi connectivity index (χ1v) is 8.94. The van der Waals surface area contributed by atoms with E-state index in [0.29, 0.717) is 28.6 Å². The molecule has 8 heteroatoms. The summed E-state index contributed by atoms with van der Waals surface area (Å²) in [5.74, 6) is 1.83. The van der Waals surface area contributed by atoms with Gasteiger partial charge in [0.1, 0.15) is 28.9 Å². The van der Waals surface area contributed by atoms with Gasteiger partial charge in [0, 0.05) is 24.7 Å². The van der Waals surface area contributed by atoms with Gasteiger partial charge in [-0.25, -0.2) is 4.39 Å². The minimum atomic E-state index is -0.417. The van der Waals surface area contributed by atoms with Crippen LogP contribution in [0.15, 0.2) is 24.5 Å². The molecule has 1 aromatic carbocycles. The average molecular weight is 376 g/mol. The second kappa shape index (κ2) is 6.72. The number of hydrogen-bond donors (Lipinski definition) is 0. The molecule has 6 nitrogen and oxygen atoms in total. The number of methoxy groups -OCH3 is 1. The van der Waals surface area contributed by atoms with Crippen molar-refractivity contribution in [1.29, 1.82) is 0 Å². The van der Waals surface area contributed by atoms with Crippen LogP contribution in [0.1, 0.15) is 19.8 Å². The molecule has 0 N–H and O–H groups in total. The number of anilines is 1. The van der Waals surface area contributed by atoms with E-state index in [-0.39, 0.29) is 5.15 Å². The van der Waals surface area contributed by atoms with Crippen LogP contribution >= 0.6 is 11.6 Å². The fraction of sp³-hybridized carbons (Fsp3) is 0.389. The van der Waals surface area contributed by atoms with Crippen LogP contribution in [0.25, 0.3) is 16.9 Å². The molecule has 0 atom stereocenters. The van der Waals surface area contributed by atoms with E-state index >= 15 is 0 Å². The fourth-order valence-corrected chi connectivity index (χ4v) is 3.63. The van der Waals surface area contributed by atoms with Gasteiger partial charge in [-0.15, -0.1) is 0 Å². The lowest BCUT2D eigenvalue weighted by Crippen LogP contribution is -2.35. The molecule has 1 saturated heterocycles. The number of halogens is 2. The highest BCUT2D eigenvalue weighted by molar-refractivity contribution is 6.33. The normalized spacial score (nSPS) is 15.6. The standard InChI is InChI=1S/C18H19ClFN5O/c1-11-5-7-24(8-6-11)17-15(13-4-3-12(26-2)9-14(13)20)16(19)23-18-21-10-22-25(17)18/h3-4,9-11H,5-8H2,1-2H3. The summed E-state index contributed by atoms with van der Waals surface area (Å²) in [5, 5.41) is 4.51. The van der Waals surface area contributed by atoms with Crippen LogP contribution in [0.4, 0.5) is 10.2 Å². The molecule has 2 aromatic heterocycles. The molecule has 0 aliphatic carbocycles. The van der Waals surface area contributed by atoms with Gasteiger partial charge in [0.25, 0.3) is 5.78 Å². The molecular weight excluding hydrogens is 357 g/mol. The van der Waals surface area contributed by atoms with Crippen molar-refractivity contribution >= 4 is 23.2 Å². The highest BCUT2D eigenvalue weighted by Crippen LogP contribution is 2.39. The van der Waals surface area contributed by atoms with Gasteiger partial charge in [0.2, 0.25) is 0 Å². The monoisotopic (exact) mass is 375 g/mol. The van der Waals surface area contributed by atoms with Gasteiger partial charge in [-0.3, -0.25) is 0 Å². The molecule has 136 valence electrons. The third kappa shape index (κ3) is 2.86. The number of aromatic nitrogens is 4. The quantitative estimate of drug-likeness (QED) is 0.651. The lowest BCUT2D eigenvalue weighted by Gasteiger charge is -2.33. The molecule has 0 unspecified atom stereocenters. The zero-order valence-electron chi connectivity index (χ0n) is 14.6. The van der Waals surface area contributed by atoms with Crippen LogP contribution in [-0.2, 0) is 0 Å². The van der Waals surface area contributed by atoms with Gasteiger partial charge in [-0.05, 0) is 30.9 Å². The van der Waals surface area contributed by atoms with Crippen LogP contribution in [0.2, 0.25) is 5.15 Å². The Morgan fingerprint density at radius 1 is 1.27 bits per heavy atom. The molecule has 0 amide bonds. The number of nitrogens with zero attached hydrogens (tertiary/aromatic N) is 5. The number of rotatable bonds is 3. The highest BCUT2D eigenvalue weighted by Gasteiger charge is 2.26. The zero-order chi connectivity index (χ0) is 18.3. The third-order valence-corrected chi connectivity index (χ3v) is 5.16. The molecular formula is C18H19ClFN5O. The van der Waals surface area contributed by atoms with E-state index in [1.165, 1.54) is 19.5 Å². The van der Waals surface area contributed by atoms with E-state index in [9.17, 15) is 4.39 Å². The van der Waals surface area contributed by atoms with Gasteiger partial charge in [0.15, 0.2) is 0 Å². The van der Waals surface area contributed by atoms with Crippen LogP contribution < -0.4 is 9.64 Å². The summed E-state index contributed by atoms with van der Waals surface area (Å²) in [4.78, 5) is 10.6. The maximum atomic E-state index is 14.8. The molecule has 0 spiro atoms. The van der Waals surface area contributed by atoms with E-state index in [4.69, 9.17) is 16.3 Å². The lowest BCUT2D eigenvalue weighted by molar-refractivity contribution is 0.411. The van der Waals surface area contributed by atoms with Crippen LogP contribution in [0.5, 0.6) is 5.75 Å². The van der Waals surface area contributed by atoms with Gasteiger partial charge >= 0.3 is 0 Å². The van der Waals surface area contributed by atoms with Crippen molar-refractivity contribution in [2.24, 2.45) is 5.92 Å². The first-order chi connectivity index (χ1) is 12.6. The minimum Gasteiger partial charge on any atom is -0.497 e. The second-order valence-corrected chi connectivity index (χ2v) is 6.95. The number of piperidine rings is 1. The minimum absolute atomic E-state index is 0.211. The largest absolute Gasteiger partial charge is 0.497 e. The molecule has 1 fully saturated rings. The molecule has 26 heavy (non-hydrogen) atoms. The Morgan fingerprint density at radius 3 is 2.73 bits per heavy atom. The van der Waals surface area contributed by atoms with Crippen molar-refractivity contribution in [3.63, 3.8) is 0 Å². The molecule has 0 saturated carbocycles. The Morgan fingerprint density at radius 2 is 2.04 bits per heavy atom. The van der Waals surface area contributed by atoms with Gasteiger partial charge in [-0.1, -0.05) is 18.5 Å². The van der Waals surface area contributed by atoms with Crippen molar-refractivity contribution in [1.82, 2.24) is 19.6 Å². The smallest absolute Gasteiger partial charge is 0.255 e. The third-order valence-electron chi connectivity index (χ3n) is 4.89. The van der Waals surface area contributed by atoms with Crippen molar-refractivity contribution in [3.8, 4) is 16.9 Å². The van der Waals surface area contributed by atoms with Gasteiger partial charge < -0.3 is 9.64 Å². The predicted octanol–water partition coefficient (Wildman–Crippen LogP) is 3.83. The van der Waals surface area contributed by atoms with E-state index < -0.39 is 5.82 Å². The van der Waals surface area contributed by atoms with Crippen molar-refractivity contribution in [2.75, 3.05) is 25.1 Å². The Kier molecular flexibility index (Phi) is 4.40. The summed E-state index contributed by atoms with van der Waals surface area (Å²) >= 11 is 6.48. The van der Waals surface area contributed by atoms with Crippen LogP contribution in [-0.4, -0.2) is 39.8 Å². The first kappa shape index (κ1) is 17.0. The maximum Gasteiger partial charge on any atom is 0.255 e. The molecule has 1 aliphatic rings.